The molecule has 3 atom stereocenters. The lowest BCUT2D eigenvalue weighted by molar-refractivity contribution is -0.117. The fourth-order valence-electron chi connectivity index (χ4n) is 2.79. The Morgan fingerprint density at radius 3 is 2.94 bits per heavy atom. The van der Waals surface area contributed by atoms with Gasteiger partial charge in [0.1, 0.15) is 0 Å². The molecule has 2 saturated heterocycles. The molecule has 2 N–H and O–H groups in total. The van der Waals surface area contributed by atoms with E-state index >= 15 is 0 Å². The molecule has 0 radical (unpaired) electrons. The Labute approximate surface area is 96.6 Å². The van der Waals surface area contributed by atoms with E-state index in [4.69, 9.17) is 14.6 Å². The smallest absolute Gasteiger partial charge is 0.0940 e. The number of ether oxygens (including phenoxy) is 2. The fourth-order valence-corrected chi connectivity index (χ4v) is 2.79. The third-order valence-corrected chi connectivity index (χ3v) is 3.80. The van der Waals surface area contributed by atoms with Crippen LogP contribution in [0.25, 0.3) is 0 Å². The third kappa shape index (κ3) is 2.74. The number of rotatable bonds is 4. The summed E-state index contributed by atoms with van der Waals surface area (Å²) in [5, 5.41) is 18.8. The van der Waals surface area contributed by atoms with Crippen molar-refractivity contribution in [3.05, 3.63) is 0 Å². The van der Waals surface area contributed by atoms with Crippen molar-refractivity contribution in [1.82, 2.24) is 0 Å². The van der Waals surface area contributed by atoms with Gasteiger partial charge in [0.15, 0.2) is 0 Å². The van der Waals surface area contributed by atoms with Crippen molar-refractivity contribution >= 4 is 0 Å². The summed E-state index contributed by atoms with van der Waals surface area (Å²) >= 11 is 0. The predicted molar refractivity (Wildman–Crippen MR) is 59.2 cm³/mol. The van der Waals surface area contributed by atoms with Gasteiger partial charge >= 0.3 is 0 Å². The molecule has 0 aromatic rings. The molecule has 4 nitrogen and oxygen atoms in total. The van der Waals surface area contributed by atoms with Crippen LogP contribution in [0.3, 0.4) is 0 Å². The zero-order chi connectivity index (χ0) is 11.4. The second-order valence-corrected chi connectivity index (χ2v) is 5.02. The lowest BCUT2D eigenvalue weighted by Gasteiger charge is -2.39. The van der Waals surface area contributed by atoms with E-state index in [0.29, 0.717) is 25.4 Å². The van der Waals surface area contributed by atoms with Crippen molar-refractivity contribution in [2.45, 2.75) is 43.8 Å². The number of hydrogen-bond acceptors (Lipinski definition) is 4. The van der Waals surface area contributed by atoms with E-state index < -0.39 is 0 Å². The van der Waals surface area contributed by atoms with E-state index in [9.17, 15) is 5.11 Å². The van der Waals surface area contributed by atoms with Crippen molar-refractivity contribution in [2.75, 3.05) is 26.4 Å². The predicted octanol–water partition coefficient (Wildman–Crippen LogP) is 0.705. The Hall–Kier alpha value is -0.160. The molecule has 0 aliphatic carbocycles. The van der Waals surface area contributed by atoms with Gasteiger partial charge in [-0.05, 0) is 31.6 Å². The van der Waals surface area contributed by atoms with Crippen molar-refractivity contribution in [3.8, 4) is 0 Å². The molecule has 2 fully saturated rings. The van der Waals surface area contributed by atoms with Gasteiger partial charge in [-0.3, -0.25) is 0 Å². The van der Waals surface area contributed by atoms with Crippen LogP contribution >= 0.6 is 0 Å². The van der Waals surface area contributed by atoms with E-state index in [1.807, 2.05) is 0 Å². The molecule has 2 rings (SSSR count). The molecule has 2 aliphatic rings. The minimum absolute atomic E-state index is 0.122. The van der Waals surface area contributed by atoms with Crippen LogP contribution in [0.15, 0.2) is 0 Å². The monoisotopic (exact) mass is 230 g/mol. The van der Waals surface area contributed by atoms with Gasteiger partial charge in [-0.15, -0.1) is 0 Å². The van der Waals surface area contributed by atoms with Crippen LogP contribution in [-0.2, 0) is 9.47 Å². The largest absolute Gasteiger partial charge is 0.396 e. The first-order valence-electron chi connectivity index (χ1n) is 6.26. The molecule has 16 heavy (non-hydrogen) atoms. The topological polar surface area (TPSA) is 58.9 Å². The highest BCUT2D eigenvalue weighted by molar-refractivity contribution is 4.92. The molecule has 3 unspecified atom stereocenters. The quantitative estimate of drug-likeness (QED) is 0.746. The van der Waals surface area contributed by atoms with Gasteiger partial charge in [-0.25, -0.2) is 0 Å². The average Bonchev–Trinajstić information content (AvgIpc) is 2.74. The van der Waals surface area contributed by atoms with Crippen molar-refractivity contribution in [2.24, 2.45) is 5.92 Å². The van der Waals surface area contributed by atoms with E-state index in [1.165, 1.54) is 0 Å². The molecular weight excluding hydrogens is 208 g/mol. The van der Waals surface area contributed by atoms with Crippen LogP contribution in [0.4, 0.5) is 0 Å². The second-order valence-electron chi connectivity index (χ2n) is 5.02. The van der Waals surface area contributed by atoms with E-state index in [1.54, 1.807) is 0 Å². The molecule has 1 spiro atoms. The Bertz CT molecular complexity index is 213. The zero-order valence-corrected chi connectivity index (χ0v) is 9.73. The summed E-state index contributed by atoms with van der Waals surface area (Å²) in [6.45, 7) is 2.34. The van der Waals surface area contributed by atoms with Crippen LogP contribution in [0, 0.1) is 5.92 Å². The van der Waals surface area contributed by atoms with Gasteiger partial charge in [0.25, 0.3) is 0 Å². The molecule has 0 bridgehead atoms. The van der Waals surface area contributed by atoms with Crippen LogP contribution in [-0.4, -0.2) is 48.3 Å². The maximum atomic E-state index is 10.0. The zero-order valence-electron chi connectivity index (χ0n) is 9.73. The molecule has 0 aromatic carbocycles. The standard InChI is InChI=1S/C12H22O4/c13-5-1-2-11(14)10-3-6-16-12(8-10)4-7-15-9-12/h10-11,13-14H,1-9H2. The van der Waals surface area contributed by atoms with Crippen LogP contribution in [0.5, 0.6) is 0 Å². The van der Waals surface area contributed by atoms with Crippen molar-refractivity contribution < 1.29 is 19.7 Å². The normalized spacial score (nSPS) is 36.8. The van der Waals surface area contributed by atoms with Gasteiger partial charge in [0.05, 0.1) is 18.3 Å². The van der Waals surface area contributed by atoms with Crippen LogP contribution < -0.4 is 0 Å². The van der Waals surface area contributed by atoms with Gasteiger partial charge < -0.3 is 19.7 Å². The first-order chi connectivity index (χ1) is 7.76. The molecule has 2 aliphatic heterocycles. The SMILES string of the molecule is OCCCC(O)C1CCOC2(CCOC2)C1. The number of hydrogen-bond donors (Lipinski definition) is 2. The highest BCUT2D eigenvalue weighted by Gasteiger charge is 2.42. The summed E-state index contributed by atoms with van der Waals surface area (Å²) in [4.78, 5) is 0. The fraction of sp³-hybridized carbons (Fsp3) is 1.00. The summed E-state index contributed by atoms with van der Waals surface area (Å²) in [6.07, 6.45) is 3.86. The molecule has 2 heterocycles. The van der Waals surface area contributed by atoms with Gasteiger partial charge in [-0.1, -0.05) is 0 Å². The summed E-state index contributed by atoms with van der Waals surface area (Å²) in [6, 6.07) is 0. The molecule has 4 heteroatoms. The van der Waals surface area contributed by atoms with Crippen molar-refractivity contribution in [1.29, 1.82) is 0 Å². The first-order valence-corrected chi connectivity index (χ1v) is 6.26. The van der Waals surface area contributed by atoms with E-state index in [2.05, 4.69) is 0 Å². The van der Waals surface area contributed by atoms with Gasteiger partial charge in [-0.2, -0.15) is 0 Å². The highest BCUT2D eigenvalue weighted by Crippen LogP contribution is 2.37. The first kappa shape index (κ1) is 12.3. The molecular formula is C12H22O4. The summed E-state index contributed by atoms with van der Waals surface area (Å²) < 4.78 is 11.2. The number of aliphatic hydroxyl groups is 2. The van der Waals surface area contributed by atoms with Gasteiger partial charge in [0, 0.05) is 26.2 Å². The highest BCUT2D eigenvalue weighted by atomic mass is 16.6. The summed E-state index contributed by atoms with van der Waals surface area (Å²) in [5.41, 5.74) is -0.122. The van der Waals surface area contributed by atoms with Gasteiger partial charge in [0.2, 0.25) is 0 Å². The second kappa shape index (κ2) is 5.45. The number of aliphatic hydroxyl groups excluding tert-OH is 2. The molecule has 0 saturated carbocycles. The third-order valence-electron chi connectivity index (χ3n) is 3.80. The molecule has 0 aromatic heterocycles. The minimum Gasteiger partial charge on any atom is -0.396 e. The molecule has 0 amide bonds. The average molecular weight is 230 g/mol. The summed E-state index contributed by atoms with van der Waals surface area (Å²) in [7, 11) is 0. The van der Waals surface area contributed by atoms with Crippen LogP contribution in [0.2, 0.25) is 0 Å². The molecule has 94 valence electrons. The van der Waals surface area contributed by atoms with E-state index in [-0.39, 0.29) is 18.3 Å². The van der Waals surface area contributed by atoms with Crippen molar-refractivity contribution in [3.63, 3.8) is 0 Å². The minimum atomic E-state index is -0.298. The lowest BCUT2D eigenvalue weighted by Crippen LogP contribution is -2.43. The van der Waals surface area contributed by atoms with Crippen LogP contribution in [0.1, 0.15) is 32.1 Å². The maximum Gasteiger partial charge on any atom is 0.0940 e. The Morgan fingerprint density at radius 1 is 1.38 bits per heavy atom. The Balaban J connectivity index is 1.85. The maximum absolute atomic E-state index is 10.0. The lowest BCUT2D eigenvalue weighted by atomic mass is 9.81. The summed E-state index contributed by atoms with van der Waals surface area (Å²) in [5.74, 6) is 0.307. The Kier molecular flexibility index (Phi) is 4.19. The Morgan fingerprint density at radius 2 is 2.25 bits per heavy atom. The van der Waals surface area contributed by atoms with E-state index in [0.717, 1.165) is 32.5 Å².